The van der Waals surface area contributed by atoms with Gasteiger partial charge in [-0.3, -0.25) is 9.88 Å². The van der Waals surface area contributed by atoms with Crippen LogP contribution in [-0.4, -0.2) is 68.2 Å². The molecule has 0 radical (unpaired) electrons. The second kappa shape index (κ2) is 8.37. The van der Waals surface area contributed by atoms with Gasteiger partial charge in [0.1, 0.15) is 6.04 Å². The van der Waals surface area contributed by atoms with Crippen molar-refractivity contribution in [1.82, 2.24) is 35.0 Å². The van der Waals surface area contributed by atoms with Gasteiger partial charge in [0.2, 0.25) is 0 Å². The molecule has 3 aromatic rings. The number of hydrogen-bond donors (Lipinski definition) is 0. The lowest BCUT2D eigenvalue weighted by molar-refractivity contribution is 0.119. The molecular weight excluding hydrogens is 338 g/mol. The smallest absolute Gasteiger partial charge is 0.174 e. The second-order valence-corrected chi connectivity index (χ2v) is 6.99. The monoisotopic (exact) mass is 363 g/mol. The van der Waals surface area contributed by atoms with Crippen LogP contribution < -0.4 is 0 Å². The molecule has 0 saturated carbocycles. The Morgan fingerprint density at radius 1 is 0.963 bits per heavy atom. The SMILES string of the molecule is CN1CCN(C(c2ccccn2)c2nnnn2CCc2ccccc2)CC1. The van der Waals surface area contributed by atoms with Crippen LogP contribution >= 0.6 is 0 Å². The van der Waals surface area contributed by atoms with Gasteiger partial charge in [0, 0.05) is 38.9 Å². The number of benzene rings is 1. The van der Waals surface area contributed by atoms with Crippen molar-refractivity contribution in [1.29, 1.82) is 0 Å². The first-order valence-electron chi connectivity index (χ1n) is 9.45. The standard InChI is InChI=1S/C20H25N7/c1-25-13-15-26(16-14-25)19(18-9-5-6-11-21-18)20-22-23-24-27(20)12-10-17-7-3-2-4-8-17/h2-9,11,19H,10,12-16H2,1H3. The normalized spacial score (nSPS) is 17.1. The van der Waals surface area contributed by atoms with Crippen molar-refractivity contribution in [2.45, 2.75) is 19.0 Å². The van der Waals surface area contributed by atoms with E-state index in [0.717, 1.165) is 50.7 Å². The van der Waals surface area contributed by atoms with Crippen LogP contribution in [0.4, 0.5) is 0 Å². The van der Waals surface area contributed by atoms with Crippen LogP contribution in [0.1, 0.15) is 23.1 Å². The van der Waals surface area contributed by atoms with Crippen molar-refractivity contribution in [2.75, 3.05) is 33.2 Å². The highest BCUT2D eigenvalue weighted by Crippen LogP contribution is 2.26. The zero-order valence-electron chi connectivity index (χ0n) is 15.6. The first kappa shape index (κ1) is 17.8. The molecule has 1 unspecified atom stereocenters. The first-order valence-corrected chi connectivity index (χ1v) is 9.45. The van der Waals surface area contributed by atoms with E-state index in [1.165, 1.54) is 5.56 Å². The predicted octanol–water partition coefficient (Wildman–Crippen LogP) is 1.65. The van der Waals surface area contributed by atoms with Crippen molar-refractivity contribution < 1.29 is 0 Å². The molecule has 2 aromatic heterocycles. The molecule has 7 heteroatoms. The van der Waals surface area contributed by atoms with Gasteiger partial charge >= 0.3 is 0 Å². The Balaban J connectivity index is 1.60. The van der Waals surface area contributed by atoms with E-state index in [4.69, 9.17) is 0 Å². The highest BCUT2D eigenvalue weighted by Gasteiger charge is 2.30. The van der Waals surface area contributed by atoms with Gasteiger partial charge in [0.15, 0.2) is 5.82 Å². The number of nitrogens with zero attached hydrogens (tertiary/aromatic N) is 7. The topological polar surface area (TPSA) is 63.0 Å². The fourth-order valence-electron chi connectivity index (χ4n) is 3.55. The van der Waals surface area contributed by atoms with Crippen molar-refractivity contribution in [2.24, 2.45) is 0 Å². The van der Waals surface area contributed by atoms with Crippen LogP contribution in [0.15, 0.2) is 54.7 Å². The molecule has 27 heavy (non-hydrogen) atoms. The van der Waals surface area contributed by atoms with E-state index >= 15 is 0 Å². The van der Waals surface area contributed by atoms with E-state index in [1.807, 2.05) is 29.1 Å². The van der Waals surface area contributed by atoms with Gasteiger partial charge in [0.05, 0.1) is 5.69 Å². The van der Waals surface area contributed by atoms with Crippen molar-refractivity contribution >= 4 is 0 Å². The molecule has 1 atom stereocenters. The summed E-state index contributed by atoms with van der Waals surface area (Å²) in [5.74, 6) is 0.870. The fourth-order valence-corrected chi connectivity index (χ4v) is 3.55. The number of pyridine rings is 1. The lowest BCUT2D eigenvalue weighted by Gasteiger charge is -2.37. The van der Waals surface area contributed by atoms with Gasteiger partial charge in [-0.2, -0.15) is 0 Å². The number of rotatable bonds is 6. The van der Waals surface area contributed by atoms with Crippen LogP contribution in [0.5, 0.6) is 0 Å². The van der Waals surface area contributed by atoms with E-state index in [1.54, 1.807) is 0 Å². The minimum Gasteiger partial charge on any atom is -0.304 e. The molecule has 1 fully saturated rings. The zero-order valence-corrected chi connectivity index (χ0v) is 15.6. The fraction of sp³-hybridized carbons (Fsp3) is 0.400. The Morgan fingerprint density at radius 3 is 2.48 bits per heavy atom. The Morgan fingerprint density at radius 2 is 1.74 bits per heavy atom. The largest absolute Gasteiger partial charge is 0.304 e. The van der Waals surface area contributed by atoms with Crippen LogP contribution in [0.25, 0.3) is 0 Å². The van der Waals surface area contributed by atoms with Gasteiger partial charge in [-0.1, -0.05) is 36.4 Å². The van der Waals surface area contributed by atoms with E-state index in [-0.39, 0.29) is 6.04 Å². The Kier molecular flexibility index (Phi) is 5.50. The summed E-state index contributed by atoms with van der Waals surface area (Å²) in [5, 5.41) is 12.7. The quantitative estimate of drug-likeness (QED) is 0.664. The van der Waals surface area contributed by atoms with Gasteiger partial charge in [0.25, 0.3) is 0 Å². The molecule has 4 rings (SSSR count). The average molecular weight is 363 g/mol. The van der Waals surface area contributed by atoms with Crippen LogP contribution in [0, 0.1) is 0 Å². The molecule has 0 N–H and O–H groups in total. The third kappa shape index (κ3) is 4.20. The van der Waals surface area contributed by atoms with E-state index in [9.17, 15) is 0 Å². The van der Waals surface area contributed by atoms with E-state index < -0.39 is 0 Å². The highest BCUT2D eigenvalue weighted by atomic mass is 15.6. The first-order chi connectivity index (χ1) is 13.3. The summed E-state index contributed by atoms with van der Waals surface area (Å²) in [5.41, 5.74) is 2.28. The number of tetrazole rings is 1. The molecule has 0 spiro atoms. The van der Waals surface area contributed by atoms with Crippen molar-refractivity contribution in [3.8, 4) is 0 Å². The maximum Gasteiger partial charge on any atom is 0.174 e. The number of aryl methyl sites for hydroxylation is 2. The molecule has 0 amide bonds. The summed E-state index contributed by atoms with van der Waals surface area (Å²) in [6.45, 7) is 4.78. The molecule has 1 aliphatic heterocycles. The van der Waals surface area contributed by atoms with Crippen molar-refractivity contribution in [3.63, 3.8) is 0 Å². The molecule has 0 bridgehead atoms. The number of aromatic nitrogens is 5. The number of likely N-dealkylation sites (N-methyl/N-ethyl adjacent to an activating group) is 1. The molecule has 140 valence electrons. The van der Waals surface area contributed by atoms with E-state index in [2.05, 4.69) is 67.7 Å². The molecule has 0 aliphatic carbocycles. The molecule has 1 saturated heterocycles. The molecule has 7 nitrogen and oxygen atoms in total. The molecule has 1 aromatic carbocycles. The molecule has 1 aliphatic rings. The minimum absolute atomic E-state index is 0.0225. The second-order valence-electron chi connectivity index (χ2n) is 6.99. The summed E-state index contributed by atoms with van der Waals surface area (Å²) in [4.78, 5) is 9.41. The summed E-state index contributed by atoms with van der Waals surface area (Å²) in [7, 11) is 2.16. The van der Waals surface area contributed by atoms with E-state index in [0.29, 0.717) is 0 Å². The lowest BCUT2D eigenvalue weighted by Crippen LogP contribution is -2.47. The maximum atomic E-state index is 4.62. The van der Waals surface area contributed by atoms with Gasteiger partial charge < -0.3 is 4.90 Å². The Bertz CT molecular complexity index is 826. The summed E-state index contributed by atoms with van der Waals surface area (Å²) >= 11 is 0. The maximum absolute atomic E-state index is 4.62. The summed E-state index contributed by atoms with van der Waals surface area (Å²) in [6, 6.07) is 16.5. The predicted molar refractivity (Wildman–Crippen MR) is 103 cm³/mol. The third-order valence-electron chi connectivity index (χ3n) is 5.13. The van der Waals surface area contributed by atoms with Crippen LogP contribution in [0.3, 0.4) is 0 Å². The molecular formula is C20H25N7. The number of piperazine rings is 1. The summed E-state index contributed by atoms with van der Waals surface area (Å²) in [6.07, 6.45) is 2.74. The Labute approximate surface area is 159 Å². The van der Waals surface area contributed by atoms with Crippen LogP contribution in [0.2, 0.25) is 0 Å². The van der Waals surface area contributed by atoms with Gasteiger partial charge in [-0.15, -0.1) is 5.10 Å². The Hall–Kier alpha value is -2.64. The van der Waals surface area contributed by atoms with Crippen LogP contribution in [-0.2, 0) is 13.0 Å². The average Bonchev–Trinajstić information content (AvgIpc) is 3.18. The van der Waals surface area contributed by atoms with Gasteiger partial charge in [-0.05, 0) is 41.6 Å². The zero-order chi connectivity index (χ0) is 18.5. The third-order valence-corrected chi connectivity index (χ3v) is 5.13. The van der Waals surface area contributed by atoms with Crippen molar-refractivity contribution in [3.05, 3.63) is 71.8 Å². The summed E-state index contributed by atoms with van der Waals surface area (Å²) < 4.78 is 1.94. The number of hydrogen-bond acceptors (Lipinski definition) is 6. The molecule has 3 heterocycles. The minimum atomic E-state index is -0.0225. The lowest BCUT2D eigenvalue weighted by atomic mass is 10.1. The highest BCUT2D eigenvalue weighted by molar-refractivity contribution is 5.18. The van der Waals surface area contributed by atoms with Gasteiger partial charge in [-0.25, -0.2) is 4.68 Å².